The first-order valence-electron chi connectivity index (χ1n) is 11.0. The van der Waals surface area contributed by atoms with Gasteiger partial charge in [-0.2, -0.15) is 0 Å². The van der Waals surface area contributed by atoms with Crippen molar-refractivity contribution in [2.24, 2.45) is 11.7 Å². The van der Waals surface area contributed by atoms with Gasteiger partial charge in [0.25, 0.3) is 0 Å². The van der Waals surface area contributed by atoms with E-state index in [1.165, 1.54) is 11.1 Å². The summed E-state index contributed by atoms with van der Waals surface area (Å²) in [7, 11) is 2.16. The first-order chi connectivity index (χ1) is 14.9. The van der Waals surface area contributed by atoms with E-state index in [-0.39, 0.29) is 30.0 Å². The minimum atomic E-state index is -0.379. The SMILES string of the molecule is CC(C)C(=O)Oc1c(OC(=O)CCCN)ccc2c1-c1cccc3c1[C@@H](C2)N(C)CC3. The predicted octanol–water partition coefficient (Wildman–Crippen LogP) is 3.64. The highest BCUT2D eigenvalue weighted by molar-refractivity contribution is 5.87. The van der Waals surface area contributed by atoms with Crippen molar-refractivity contribution in [3.05, 3.63) is 47.0 Å². The monoisotopic (exact) mass is 422 g/mol. The second-order valence-electron chi connectivity index (χ2n) is 8.70. The lowest BCUT2D eigenvalue weighted by Gasteiger charge is -2.40. The van der Waals surface area contributed by atoms with E-state index >= 15 is 0 Å². The highest BCUT2D eigenvalue weighted by Crippen LogP contribution is 2.51. The third-order valence-electron chi connectivity index (χ3n) is 6.17. The molecule has 0 saturated carbocycles. The van der Waals surface area contributed by atoms with Crippen LogP contribution in [0.15, 0.2) is 30.3 Å². The number of likely N-dealkylation sites (N-methyl/N-ethyl adjacent to an activating group) is 1. The number of ether oxygens (including phenoxy) is 2. The number of carbonyl (C=O) groups is 2. The van der Waals surface area contributed by atoms with Gasteiger partial charge in [-0.1, -0.05) is 38.1 Å². The van der Waals surface area contributed by atoms with E-state index in [2.05, 4.69) is 30.1 Å². The molecule has 0 fully saturated rings. The van der Waals surface area contributed by atoms with Crippen LogP contribution in [0.25, 0.3) is 11.1 Å². The molecule has 2 aromatic rings. The van der Waals surface area contributed by atoms with Crippen LogP contribution in [0.3, 0.4) is 0 Å². The molecule has 2 aliphatic rings. The lowest BCUT2D eigenvalue weighted by molar-refractivity contribution is -0.139. The van der Waals surface area contributed by atoms with Crippen LogP contribution in [0, 0.1) is 5.92 Å². The maximum atomic E-state index is 12.6. The number of nitrogens with two attached hydrogens (primary N) is 1. The molecule has 0 bridgehead atoms. The molecule has 31 heavy (non-hydrogen) atoms. The van der Waals surface area contributed by atoms with Gasteiger partial charge in [-0.05, 0) is 61.2 Å². The van der Waals surface area contributed by atoms with Crippen molar-refractivity contribution >= 4 is 11.9 Å². The fraction of sp³-hybridized carbons (Fsp3) is 0.440. The first-order valence-corrected chi connectivity index (χ1v) is 11.0. The Hall–Kier alpha value is -2.70. The summed E-state index contributed by atoms with van der Waals surface area (Å²) in [5, 5.41) is 0. The van der Waals surface area contributed by atoms with E-state index in [4.69, 9.17) is 15.2 Å². The van der Waals surface area contributed by atoms with Crippen molar-refractivity contribution in [1.29, 1.82) is 0 Å². The number of hydrogen-bond donors (Lipinski definition) is 1. The molecule has 0 aromatic heterocycles. The topological polar surface area (TPSA) is 81.9 Å². The van der Waals surface area contributed by atoms with Crippen LogP contribution in [-0.4, -0.2) is 37.0 Å². The Bertz CT molecular complexity index is 1010. The van der Waals surface area contributed by atoms with Crippen LogP contribution in [0.4, 0.5) is 0 Å². The number of hydrogen-bond acceptors (Lipinski definition) is 6. The van der Waals surface area contributed by atoms with Gasteiger partial charge in [0.05, 0.1) is 5.92 Å². The van der Waals surface area contributed by atoms with Crippen LogP contribution in [0.2, 0.25) is 0 Å². The lowest BCUT2D eigenvalue weighted by atomic mass is 9.77. The number of esters is 2. The summed E-state index contributed by atoms with van der Waals surface area (Å²) >= 11 is 0. The Morgan fingerprint density at radius 3 is 2.71 bits per heavy atom. The van der Waals surface area contributed by atoms with Gasteiger partial charge in [0.2, 0.25) is 0 Å². The van der Waals surface area contributed by atoms with E-state index in [9.17, 15) is 9.59 Å². The Kier molecular flexibility index (Phi) is 6.12. The Labute approximate surface area is 183 Å². The van der Waals surface area contributed by atoms with Crippen LogP contribution in [0.1, 0.15) is 49.4 Å². The molecule has 4 rings (SSSR count). The van der Waals surface area contributed by atoms with Gasteiger partial charge in [-0.25, -0.2) is 0 Å². The molecular weight excluding hydrogens is 392 g/mol. The summed E-state index contributed by atoms with van der Waals surface area (Å²) in [6.45, 7) is 5.02. The smallest absolute Gasteiger partial charge is 0.313 e. The molecule has 0 radical (unpaired) electrons. The quantitative estimate of drug-likeness (QED) is 0.565. The molecule has 0 spiro atoms. The number of nitrogens with zero attached hydrogens (tertiary/aromatic N) is 1. The summed E-state index contributed by atoms with van der Waals surface area (Å²) in [6, 6.07) is 10.3. The van der Waals surface area contributed by atoms with Crippen molar-refractivity contribution < 1.29 is 19.1 Å². The van der Waals surface area contributed by atoms with Gasteiger partial charge in [-0.15, -0.1) is 0 Å². The standard InChI is InChI=1S/C25H30N2O4/c1-15(2)25(29)31-24-20(30-21(28)8-5-12-26)10-9-17-14-19-22-16(11-13-27(19)3)6-4-7-18(22)23(17)24/h4,6-7,9-10,15,19H,5,8,11-14,26H2,1-3H3/t19-/m1/s1. The van der Waals surface area contributed by atoms with Crippen molar-refractivity contribution in [2.45, 2.75) is 45.6 Å². The van der Waals surface area contributed by atoms with Gasteiger partial charge in [0.15, 0.2) is 11.5 Å². The molecule has 1 heterocycles. The number of rotatable bonds is 6. The maximum Gasteiger partial charge on any atom is 0.313 e. The van der Waals surface area contributed by atoms with Gasteiger partial charge in [0.1, 0.15) is 0 Å². The maximum absolute atomic E-state index is 12.6. The Morgan fingerprint density at radius 1 is 1.16 bits per heavy atom. The molecular formula is C25H30N2O4. The highest BCUT2D eigenvalue weighted by atomic mass is 16.6. The van der Waals surface area contributed by atoms with Crippen LogP contribution < -0.4 is 15.2 Å². The van der Waals surface area contributed by atoms with E-state index in [1.54, 1.807) is 19.9 Å². The molecule has 6 heteroatoms. The highest BCUT2D eigenvalue weighted by Gasteiger charge is 2.35. The summed E-state index contributed by atoms with van der Waals surface area (Å²) in [6.07, 6.45) is 2.58. The molecule has 1 aliphatic heterocycles. The molecule has 2 N–H and O–H groups in total. The van der Waals surface area contributed by atoms with Crippen molar-refractivity contribution in [2.75, 3.05) is 20.1 Å². The summed E-state index contributed by atoms with van der Waals surface area (Å²) in [4.78, 5) is 27.3. The fourth-order valence-corrected chi connectivity index (χ4v) is 4.47. The minimum Gasteiger partial charge on any atom is -0.422 e. The zero-order chi connectivity index (χ0) is 22.1. The molecule has 1 aliphatic carbocycles. The van der Waals surface area contributed by atoms with Gasteiger partial charge in [-0.3, -0.25) is 14.5 Å². The second kappa shape index (κ2) is 8.81. The second-order valence-corrected chi connectivity index (χ2v) is 8.70. The molecule has 164 valence electrons. The largest absolute Gasteiger partial charge is 0.422 e. The van der Waals surface area contributed by atoms with E-state index in [0.29, 0.717) is 24.8 Å². The van der Waals surface area contributed by atoms with E-state index in [0.717, 1.165) is 36.1 Å². The van der Waals surface area contributed by atoms with Crippen molar-refractivity contribution in [3.8, 4) is 22.6 Å². The lowest BCUT2D eigenvalue weighted by Crippen LogP contribution is -2.35. The third kappa shape index (κ3) is 4.10. The van der Waals surface area contributed by atoms with Gasteiger partial charge < -0.3 is 15.2 Å². The van der Waals surface area contributed by atoms with E-state index in [1.807, 2.05) is 6.07 Å². The first kappa shape index (κ1) is 21.5. The zero-order valence-electron chi connectivity index (χ0n) is 18.4. The van der Waals surface area contributed by atoms with Crippen molar-refractivity contribution in [1.82, 2.24) is 4.90 Å². The van der Waals surface area contributed by atoms with Gasteiger partial charge in [0, 0.05) is 24.6 Å². The third-order valence-corrected chi connectivity index (χ3v) is 6.17. The Balaban J connectivity index is 1.85. The molecule has 0 saturated heterocycles. The average Bonchev–Trinajstić information content (AvgIpc) is 2.76. The van der Waals surface area contributed by atoms with Crippen LogP contribution in [-0.2, 0) is 22.4 Å². The van der Waals surface area contributed by atoms with E-state index < -0.39 is 0 Å². The predicted molar refractivity (Wildman–Crippen MR) is 119 cm³/mol. The van der Waals surface area contributed by atoms with Crippen LogP contribution >= 0.6 is 0 Å². The average molecular weight is 423 g/mol. The van der Waals surface area contributed by atoms with Gasteiger partial charge >= 0.3 is 11.9 Å². The van der Waals surface area contributed by atoms with Crippen LogP contribution in [0.5, 0.6) is 11.5 Å². The fourth-order valence-electron chi connectivity index (χ4n) is 4.47. The zero-order valence-corrected chi connectivity index (χ0v) is 18.4. The van der Waals surface area contributed by atoms with Crippen molar-refractivity contribution in [3.63, 3.8) is 0 Å². The molecule has 6 nitrogen and oxygen atoms in total. The normalized spacial score (nSPS) is 17.1. The summed E-state index contributed by atoms with van der Waals surface area (Å²) in [5.74, 6) is -0.399. The molecule has 2 aromatic carbocycles. The summed E-state index contributed by atoms with van der Waals surface area (Å²) in [5.41, 5.74) is 11.2. The molecule has 0 amide bonds. The number of fused-ring (bicyclic) bond motifs is 2. The Morgan fingerprint density at radius 2 is 1.97 bits per heavy atom. The molecule has 0 unspecified atom stereocenters. The minimum absolute atomic E-state index is 0.221. The number of benzene rings is 2. The number of carbonyl (C=O) groups excluding carboxylic acids is 2. The molecule has 1 atom stereocenters. The summed E-state index contributed by atoms with van der Waals surface area (Å²) < 4.78 is 11.5.